The Balaban J connectivity index is 1.36. The van der Waals surface area contributed by atoms with E-state index in [4.69, 9.17) is 14.2 Å². The molecule has 0 bridgehead atoms. The van der Waals surface area contributed by atoms with E-state index in [1.54, 1.807) is 4.90 Å². The zero-order valence-electron chi connectivity index (χ0n) is 25.6. The van der Waals surface area contributed by atoms with Gasteiger partial charge >= 0.3 is 12.3 Å². The quantitative estimate of drug-likeness (QED) is 0.198. The normalized spacial score (nSPS) is 13.6. The second-order valence-corrected chi connectivity index (χ2v) is 11.9. The van der Waals surface area contributed by atoms with Crippen molar-refractivity contribution in [3.8, 4) is 22.6 Å². The van der Waals surface area contributed by atoms with Crippen molar-refractivity contribution < 1.29 is 32.2 Å². The minimum absolute atomic E-state index is 0.0422. The predicted molar refractivity (Wildman–Crippen MR) is 169 cm³/mol. The van der Waals surface area contributed by atoms with Crippen LogP contribution in [0.5, 0.6) is 11.5 Å². The number of ether oxygens (including phenoxy) is 3. The number of hydrogen-bond donors (Lipinski definition) is 0. The van der Waals surface area contributed by atoms with E-state index in [-0.39, 0.29) is 25.1 Å². The lowest BCUT2D eigenvalue weighted by atomic mass is 9.93. The SMILES string of the molecule is CC(C)(C)OC(=O)N1CC=C(c2cc(COc3ccccc3C(F)(F)F)ccc2COc2ccc(-c3ccccc3)cc2)CC1. The van der Waals surface area contributed by atoms with Crippen LogP contribution in [0.4, 0.5) is 18.0 Å². The second kappa shape index (κ2) is 13.5. The third-order valence-electron chi connectivity index (χ3n) is 7.32. The molecule has 1 aliphatic heterocycles. The van der Waals surface area contributed by atoms with Crippen molar-refractivity contribution in [1.82, 2.24) is 4.90 Å². The molecule has 0 unspecified atom stereocenters. The van der Waals surface area contributed by atoms with Gasteiger partial charge < -0.3 is 19.1 Å². The number of nitrogens with zero attached hydrogens (tertiary/aromatic N) is 1. The molecule has 4 aromatic rings. The highest BCUT2D eigenvalue weighted by molar-refractivity contribution is 5.74. The Hall–Kier alpha value is -4.72. The van der Waals surface area contributed by atoms with Gasteiger partial charge in [0.05, 0.1) is 5.56 Å². The number of alkyl halides is 3. The molecule has 0 spiro atoms. The molecule has 0 aliphatic carbocycles. The van der Waals surface area contributed by atoms with Crippen LogP contribution >= 0.6 is 0 Å². The average Bonchev–Trinajstić information content (AvgIpc) is 3.02. The van der Waals surface area contributed by atoms with E-state index in [1.807, 2.05) is 87.5 Å². The number of carbonyl (C=O) groups is 1. The summed E-state index contributed by atoms with van der Waals surface area (Å²) in [5.41, 5.74) is 4.35. The molecule has 45 heavy (non-hydrogen) atoms. The van der Waals surface area contributed by atoms with Gasteiger partial charge in [0, 0.05) is 13.1 Å². The number of amides is 1. The van der Waals surface area contributed by atoms with E-state index >= 15 is 0 Å². The first-order valence-corrected chi connectivity index (χ1v) is 14.8. The molecular weight excluding hydrogens is 579 g/mol. The van der Waals surface area contributed by atoms with Gasteiger partial charge in [0.2, 0.25) is 0 Å². The van der Waals surface area contributed by atoms with Gasteiger partial charge in [-0.1, -0.05) is 72.8 Å². The Morgan fingerprint density at radius 1 is 0.800 bits per heavy atom. The lowest BCUT2D eigenvalue weighted by Gasteiger charge is -2.30. The molecule has 1 aliphatic rings. The fraction of sp³-hybridized carbons (Fsp3) is 0.270. The fourth-order valence-electron chi connectivity index (χ4n) is 5.07. The molecule has 4 aromatic carbocycles. The average molecular weight is 616 g/mol. The van der Waals surface area contributed by atoms with Crippen molar-refractivity contribution in [3.63, 3.8) is 0 Å². The third-order valence-corrected chi connectivity index (χ3v) is 7.32. The minimum atomic E-state index is -4.52. The Morgan fingerprint density at radius 2 is 1.49 bits per heavy atom. The molecule has 1 heterocycles. The highest BCUT2D eigenvalue weighted by Crippen LogP contribution is 2.36. The summed E-state index contributed by atoms with van der Waals surface area (Å²) in [5.74, 6) is 0.494. The Bertz CT molecular complexity index is 1640. The molecule has 0 radical (unpaired) electrons. The van der Waals surface area contributed by atoms with Crippen molar-refractivity contribution in [2.24, 2.45) is 0 Å². The van der Waals surface area contributed by atoms with Gasteiger partial charge in [-0.3, -0.25) is 0 Å². The van der Waals surface area contributed by atoms with Crippen LogP contribution in [0.3, 0.4) is 0 Å². The molecule has 0 saturated heterocycles. The monoisotopic (exact) mass is 615 g/mol. The van der Waals surface area contributed by atoms with E-state index in [2.05, 4.69) is 12.1 Å². The Kier molecular flexibility index (Phi) is 9.51. The molecule has 1 amide bonds. The van der Waals surface area contributed by atoms with Crippen molar-refractivity contribution >= 4 is 11.7 Å². The van der Waals surface area contributed by atoms with Crippen LogP contribution in [0.15, 0.2) is 103 Å². The van der Waals surface area contributed by atoms with Gasteiger partial charge in [0.1, 0.15) is 30.3 Å². The van der Waals surface area contributed by atoms with Gasteiger partial charge in [-0.25, -0.2) is 4.79 Å². The lowest BCUT2D eigenvalue weighted by Crippen LogP contribution is -2.39. The number of rotatable bonds is 8. The van der Waals surface area contributed by atoms with Crippen LogP contribution in [0.1, 0.15) is 49.4 Å². The van der Waals surface area contributed by atoms with Gasteiger partial charge in [-0.05, 0) is 90.9 Å². The zero-order chi connectivity index (χ0) is 32.0. The topological polar surface area (TPSA) is 48.0 Å². The van der Waals surface area contributed by atoms with E-state index in [0.29, 0.717) is 30.8 Å². The van der Waals surface area contributed by atoms with Crippen LogP contribution in [0.2, 0.25) is 0 Å². The van der Waals surface area contributed by atoms with Gasteiger partial charge in [-0.2, -0.15) is 13.2 Å². The van der Waals surface area contributed by atoms with Crippen LogP contribution in [0, 0.1) is 0 Å². The predicted octanol–water partition coefficient (Wildman–Crippen LogP) is 9.55. The number of benzene rings is 4. The first kappa shape index (κ1) is 31.7. The first-order chi connectivity index (χ1) is 21.5. The molecule has 5 nitrogen and oxygen atoms in total. The number of hydrogen-bond acceptors (Lipinski definition) is 4. The largest absolute Gasteiger partial charge is 0.489 e. The van der Waals surface area contributed by atoms with Gasteiger partial charge in [-0.15, -0.1) is 0 Å². The number of halogens is 3. The molecule has 0 fully saturated rings. The fourth-order valence-corrected chi connectivity index (χ4v) is 5.07. The standard InChI is InChI=1S/C37H36F3NO4/c1-36(2,3)45-35(42)41-21-19-29(20-22-41)32-23-26(24-44-34-12-8-7-11-33(34)37(38,39)40)13-14-30(32)25-43-31-17-15-28(16-18-31)27-9-5-4-6-10-27/h4-19,23H,20-22,24-25H2,1-3H3. The van der Waals surface area contributed by atoms with Crippen molar-refractivity contribution in [1.29, 1.82) is 0 Å². The first-order valence-electron chi connectivity index (χ1n) is 14.8. The maximum absolute atomic E-state index is 13.5. The molecule has 8 heteroatoms. The van der Waals surface area contributed by atoms with Gasteiger partial charge in [0.25, 0.3) is 0 Å². The summed E-state index contributed by atoms with van der Waals surface area (Å²) in [5, 5.41) is 0. The van der Waals surface area contributed by atoms with Gasteiger partial charge in [0.15, 0.2) is 0 Å². The summed E-state index contributed by atoms with van der Waals surface area (Å²) >= 11 is 0. The maximum Gasteiger partial charge on any atom is 0.419 e. The van der Waals surface area contributed by atoms with E-state index in [1.165, 1.54) is 18.2 Å². The summed E-state index contributed by atoms with van der Waals surface area (Å²) in [6.45, 7) is 6.59. The smallest absolute Gasteiger partial charge is 0.419 e. The highest BCUT2D eigenvalue weighted by atomic mass is 19.4. The number of para-hydroxylation sites is 1. The van der Waals surface area contributed by atoms with Crippen molar-refractivity contribution in [2.75, 3.05) is 13.1 Å². The molecular formula is C37H36F3NO4. The van der Waals surface area contributed by atoms with Crippen LogP contribution < -0.4 is 9.47 Å². The highest BCUT2D eigenvalue weighted by Gasteiger charge is 2.34. The molecule has 5 rings (SSSR count). The van der Waals surface area contributed by atoms with E-state index < -0.39 is 17.3 Å². The van der Waals surface area contributed by atoms with Crippen molar-refractivity contribution in [3.05, 3.63) is 125 Å². The lowest BCUT2D eigenvalue weighted by molar-refractivity contribution is -0.139. The summed E-state index contributed by atoms with van der Waals surface area (Å²) in [4.78, 5) is 14.3. The minimum Gasteiger partial charge on any atom is -0.489 e. The van der Waals surface area contributed by atoms with Crippen LogP contribution in [-0.4, -0.2) is 29.7 Å². The summed E-state index contributed by atoms with van der Waals surface area (Å²) in [6, 6.07) is 28.9. The second-order valence-electron chi connectivity index (χ2n) is 11.9. The molecule has 0 atom stereocenters. The third kappa shape index (κ3) is 8.47. The Labute approximate surface area is 261 Å². The molecule has 0 saturated carbocycles. The number of carbonyl (C=O) groups excluding carboxylic acids is 1. The summed E-state index contributed by atoms with van der Waals surface area (Å²) in [7, 11) is 0. The Morgan fingerprint density at radius 3 is 2.16 bits per heavy atom. The van der Waals surface area contributed by atoms with Crippen LogP contribution in [0.25, 0.3) is 16.7 Å². The maximum atomic E-state index is 13.5. The summed E-state index contributed by atoms with van der Waals surface area (Å²) in [6.07, 6.45) is -2.32. The molecule has 0 aromatic heterocycles. The summed E-state index contributed by atoms with van der Waals surface area (Å²) < 4.78 is 57.9. The molecule has 234 valence electrons. The van der Waals surface area contributed by atoms with E-state index in [9.17, 15) is 18.0 Å². The van der Waals surface area contributed by atoms with Crippen molar-refractivity contribution in [2.45, 2.75) is 52.2 Å². The van der Waals surface area contributed by atoms with Crippen LogP contribution in [-0.2, 0) is 24.1 Å². The zero-order valence-corrected chi connectivity index (χ0v) is 25.6. The molecule has 0 N–H and O–H groups in total. The van der Waals surface area contributed by atoms with E-state index in [0.717, 1.165) is 33.9 Å².